The minimum absolute atomic E-state index is 0.0334. The van der Waals surface area contributed by atoms with Gasteiger partial charge in [-0.2, -0.15) is 0 Å². The number of nitrogens with zero attached hydrogens (tertiary/aromatic N) is 2. The first-order valence-corrected chi connectivity index (χ1v) is 10.8. The maximum Gasteiger partial charge on any atom is 0.251 e. The lowest BCUT2D eigenvalue weighted by Gasteiger charge is -2.35. The molecule has 2 heterocycles. The number of morpholine rings is 2. The van der Waals surface area contributed by atoms with E-state index in [0.717, 1.165) is 58.3 Å². The molecule has 2 aromatic rings. The number of amides is 1. The number of aryl methyl sites for hydroxylation is 1. The number of ether oxygens (including phenoxy) is 2. The fourth-order valence-corrected chi connectivity index (χ4v) is 4.07. The number of rotatable bonds is 6. The highest BCUT2D eigenvalue weighted by Crippen LogP contribution is 2.22. The zero-order chi connectivity index (χ0) is 20.8. The number of benzene rings is 2. The smallest absolute Gasteiger partial charge is 0.251 e. The zero-order valence-electron chi connectivity index (χ0n) is 17.7. The average molecular weight is 410 g/mol. The molecule has 6 heteroatoms. The van der Waals surface area contributed by atoms with Crippen LogP contribution in [0.25, 0.3) is 0 Å². The fourth-order valence-electron chi connectivity index (χ4n) is 4.07. The molecule has 6 nitrogen and oxygen atoms in total. The zero-order valence-corrected chi connectivity index (χ0v) is 17.7. The van der Waals surface area contributed by atoms with Gasteiger partial charge in [-0.1, -0.05) is 29.8 Å². The highest BCUT2D eigenvalue weighted by atomic mass is 16.5. The van der Waals surface area contributed by atoms with Crippen LogP contribution in [0.1, 0.15) is 27.5 Å². The van der Waals surface area contributed by atoms with Crippen molar-refractivity contribution in [3.05, 3.63) is 65.2 Å². The van der Waals surface area contributed by atoms with Crippen LogP contribution in [-0.2, 0) is 9.47 Å². The van der Waals surface area contributed by atoms with Crippen LogP contribution in [-0.4, -0.2) is 70.0 Å². The largest absolute Gasteiger partial charge is 0.379 e. The van der Waals surface area contributed by atoms with Gasteiger partial charge in [-0.05, 0) is 36.8 Å². The second-order valence-electron chi connectivity index (χ2n) is 7.93. The van der Waals surface area contributed by atoms with Crippen molar-refractivity contribution in [2.45, 2.75) is 13.0 Å². The monoisotopic (exact) mass is 409 g/mol. The van der Waals surface area contributed by atoms with Gasteiger partial charge < -0.3 is 19.7 Å². The van der Waals surface area contributed by atoms with E-state index >= 15 is 0 Å². The lowest BCUT2D eigenvalue weighted by Crippen LogP contribution is -2.43. The van der Waals surface area contributed by atoms with E-state index in [9.17, 15) is 4.79 Å². The van der Waals surface area contributed by atoms with Crippen LogP contribution in [0, 0.1) is 6.92 Å². The number of anilines is 1. The Morgan fingerprint density at radius 2 is 1.50 bits per heavy atom. The van der Waals surface area contributed by atoms with E-state index in [-0.39, 0.29) is 11.9 Å². The van der Waals surface area contributed by atoms with E-state index in [4.69, 9.17) is 9.47 Å². The Hall–Kier alpha value is -2.41. The van der Waals surface area contributed by atoms with Crippen molar-refractivity contribution in [2.24, 2.45) is 0 Å². The second-order valence-corrected chi connectivity index (χ2v) is 7.93. The molecular formula is C24H31N3O3. The van der Waals surface area contributed by atoms with Crippen molar-refractivity contribution in [1.82, 2.24) is 10.2 Å². The van der Waals surface area contributed by atoms with Crippen molar-refractivity contribution in [3.8, 4) is 0 Å². The van der Waals surface area contributed by atoms with Crippen LogP contribution in [0.5, 0.6) is 0 Å². The Labute approximate surface area is 178 Å². The number of carbonyl (C=O) groups is 1. The van der Waals surface area contributed by atoms with Gasteiger partial charge in [-0.3, -0.25) is 9.69 Å². The van der Waals surface area contributed by atoms with Gasteiger partial charge in [0, 0.05) is 44.0 Å². The Kier molecular flexibility index (Phi) is 7.00. The molecule has 0 saturated carbocycles. The molecule has 2 aliphatic rings. The van der Waals surface area contributed by atoms with E-state index in [1.165, 1.54) is 11.1 Å². The van der Waals surface area contributed by atoms with E-state index in [1.54, 1.807) is 0 Å². The Bertz CT molecular complexity index is 811. The third-order valence-corrected chi connectivity index (χ3v) is 5.91. The molecule has 0 aromatic heterocycles. The molecule has 2 fully saturated rings. The van der Waals surface area contributed by atoms with Crippen molar-refractivity contribution in [3.63, 3.8) is 0 Å². The summed E-state index contributed by atoms with van der Waals surface area (Å²) in [5.41, 5.74) is 4.30. The molecule has 30 heavy (non-hydrogen) atoms. The molecular weight excluding hydrogens is 378 g/mol. The van der Waals surface area contributed by atoms with E-state index in [2.05, 4.69) is 46.3 Å². The topological polar surface area (TPSA) is 54.0 Å². The quantitative estimate of drug-likeness (QED) is 0.795. The van der Waals surface area contributed by atoms with Gasteiger partial charge in [-0.15, -0.1) is 0 Å². The molecule has 4 rings (SSSR count). The lowest BCUT2D eigenvalue weighted by molar-refractivity contribution is 0.0162. The summed E-state index contributed by atoms with van der Waals surface area (Å²) in [6, 6.07) is 16.6. The van der Waals surface area contributed by atoms with Gasteiger partial charge >= 0.3 is 0 Å². The predicted octanol–water partition coefficient (Wildman–Crippen LogP) is 2.63. The average Bonchev–Trinajstić information content (AvgIpc) is 2.81. The van der Waals surface area contributed by atoms with Gasteiger partial charge in [-0.25, -0.2) is 0 Å². The summed E-state index contributed by atoms with van der Waals surface area (Å²) >= 11 is 0. The number of hydrogen-bond donors (Lipinski definition) is 1. The molecule has 1 atom stereocenters. The summed E-state index contributed by atoms with van der Waals surface area (Å²) < 4.78 is 10.9. The number of hydrogen-bond acceptors (Lipinski definition) is 5. The summed E-state index contributed by atoms with van der Waals surface area (Å²) in [4.78, 5) is 17.5. The SMILES string of the molecule is Cc1ccc(C(CNC(=O)c2ccc(N3CCOCC3)cc2)N2CCOCC2)cc1. The van der Waals surface area contributed by atoms with Gasteiger partial charge in [0.1, 0.15) is 0 Å². The van der Waals surface area contributed by atoms with Crippen LogP contribution in [0.4, 0.5) is 5.69 Å². The predicted molar refractivity (Wildman–Crippen MR) is 118 cm³/mol. The standard InChI is InChI=1S/C24H31N3O3/c1-19-2-4-20(5-3-19)23(27-12-16-30-17-13-27)18-25-24(28)21-6-8-22(9-7-21)26-10-14-29-15-11-26/h2-9,23H,10-18H2,1H3,(H,25,28). The highest BCUT2D eigenvalue weighted by Gasteiger charge is 2.23. The Morgan fingerprint density at radius 1 is 0.900 bits per heavy atom. The fraction of sp³-hybridized carbons (Fsp3) is 0.458. The normalized spacial score (nSPS) is 18.8. The van der Waals surface area contributed by atoms with Crippen LogP contribution in [0.2, 0.25) is 0 Å². The Morgan fingerprint density at radius 3 is 2.13 bits per heavy atom. The minimum Gasteiger partial charge on any atom is -0.379 e. The molecule has 0 radical (unpaired) electrons. The first-order chi connectivity index (χ1) is 14.7. The molecule has 0 bridgehead atoms. The van der Waals surface area contributed by atoms with Crippen LogP contribution in [0.3, 0.4) is 0 Å². The summed E-state index contributed by atoms with van der Waals surface area (Å²) in [7, 11) is 0. The first kappa shape index (κ1) is 20.8. The lowest BCUT2D eigenvalue weighted by atomic mass is 10.0. The summed E-state index contributed by atoms with van der Waals surface area (Å²) in [6.07, 6.45) is 0. The molecule has 2 saturated heterocycles. The number of carbonyl (C=O) groups excluding carboxylic acids is 1. The summed E-state index contributed by atoms with van der Waals surface area (Å²) in [6.45, 7) is 9.19. The molecule has 0 aliphatic carbocycles. The maximum atomic E-state index is 12.8. The van der Waals surface area contributed by atoms with Gasteiger partial charge in [0.05, 0.1) is 32.5 Å². The molecule has 1 amide bonds. The highest BCUT2D eigenvalue weighted by molar-refractivity contribution is 5.94. The van der Waals surface area contributed by atoms with Crippen LogP contribution < -0.4 is 10.2 Å². The molecule has 1 N–H and O–H groups in total. The van der Waals surface area contributed by atoms with E-state index in [1.807, 2.05) is 24.3 Å². The van der Waals surface area contributed by atoms with Crippen molar-refractivity contribution >= 4 is 11.6 Å². The van der Waals surface area contributed by atoms with Gasteiger partial charge in [0.15, 0.2) is 0 Å². The maximum absolute atomic E-state index is 12.8. The van der Waals surface area contributed by atoms with Crippen molar-refractivity contribution < 1.29 is 14.3 Å². The van der Waals surface area contributed by atoms with Crippen molar-refractivity contribution in [1.29, 1.82) is 0 Å². The van der Waals surface area contributed by atoms with Crippen LogP contribution >= 0.6 is 0 Å². The molecule has 2 aromatic carbocycles. The first-order valence-electron chi connectivity index (χ1n) is 10.8. The second kappa shape index (κ2) is 10.1. The summed E-state index contributed by atoms with van der Waals surface area (Å²) in [5, 5.41) is 3.15. The Balaban J connectivity index is 1.40. The third kappa shape index (κ3) is 5.19. The molecule has 2 aliphatic heterocycles. The molecule has 160 valence electrons. The van der Waals surface area contributed by atoms with E-state index < -0.39 is 0 Å². The van der Waals surface area contributed by atoms with Crippen LogP contribution in [0.15, 0.2) is 48.5 Å². The summed E-state index contributed by atoms with van der Waals surface area (Å²) in [5.74, 6) is -0.0334. The van der Waals surface area contributed by atoms with Gasteiger partial charge in [0.25, 0.3) is 5.91 Å². The molecule has 0 spiro atoms. The number of nitrogens with one attached hydrogen (secondary N) is 1. The molecule has 1 unspecified atom stereocenters. The third-order valence-electron chi connectivity index (χ3n) is 5.91. The van der Waals surface area contributed by atoms with E-state index in [0.29, 0.717) is 12.1 Å². The minimum atomic E-state index is -0.0334. The van der Waals surface area contributed by atoms with Crippen molar-refractivity contribution in [2.75, 3.05) is 64.1 Å². The van der Waals surface area contributed by atoms with Gasteiger partial charge in [0.2, 0.25) is 0 Å².